The summed E-state index contributed by atoms with van der Waals surface area (Å²) in [5.74, 6) is -0.552. The molecular weight excluding hydrogens is 283 g/mol. The van der Waals surface area contributed by atoms with Crippen LogP contribution in [0.2, 0.25) is 0 Å². The van der Waals surface area contributed by atoms with Crippen LogP contribution in [0, 0.1) is 5.82 Å². The summed E-state index contributed by atoms with van der Waals surface area (Å²) in [7, 11) is -3.87. The first kappa shape index (κ1) is 15.4. The Labute approximate surface area is 118 Å². The first-order chi connectivity index (χ1) is 9.25. The molecule has 0 aliphatic carbocycles. The van der Waals surface area contributed by atoms with Gasteiger partial charge in [0.05, 0.1) is 17.1 Å². The van der Waals surface area contributed by atoms with E-state index < -0.39 is 15.8 Å². The van der Waals surface area contributed by atoms with E-state index in [1.165, 1.54) is 12.1 Å². The minimum absolute atomic E-state index is 0.102. The summed E-state index contributed by atoms with van der Waals surface area (Å²) in [6, 6.07) is 3.78. The minimum Gasteiger partial charge on any atom is -0.373 e. The maximum atomic E-state index is 14.0. The summed E-state index contributed by atoms with van der Waals surface area (Å²) in [6.07, 6.45) is 0.205. The highest BCUT2D eigenvalue weighted by atomic mass is 32.2. The molecule has 2 atom stereocenters. The van der Waals surface area contributed by atoms with E-state index in [1.807, 2.05) is 13.8 Å². The molecule has 0 saturated carbocycles. The lowest BCUT2D eigenvalue weighted by atomic mass is 10.1. The molecule has 0 amide bonds. The number of hydrogen-bond acceptors (Lipinski definition) is 4. The smallest absolute Gasteiger partial charge is 0.238 e. The summed E-state index contributed by atoms with van der Waals surface area (Å²) in [6.45, 7) is 5.82. The number of hydrogen-bond donors (Lipinski definition) is 1. The zero-order valence-corrected chi connectivity index (χ0v) is 12.4. The van der Waals surface area contributed by atoms with Crippen molar-refractivity contribution < 1.29 is 17.5 Å². The number of halogens is 1. The zero-order chi connectivity index (χ0) is 14.9. The molecule has 7 heteroatoms. The minimum atomic E-state index is -3.87. The molecule has 1 aliphatic heterocycles. The third-order valence-electron chi connectivity index (χ3n) is 3.24. The quantitative estimate of drug-likeness (QED) is 0.907. The summed E-state index contributed by atoms with van der Waals surface area (Å²) in [5, 5.41) is 4.97. The molecule has 0 bridgehead atoms. The highest BCUT2D eigenvalue weighted by molar-refractivity contribution is 7.89. The Bertz CT molecular complexity index is 581. The number of benzene rings is 1. The van der Waals surface area contributed by atoms with Gasteiger partial charge in [0.2, 0.25) is 10.0 Å². The molecule has 5 nitrogen and oxygen atoms in total. The molecule has 1 saturated heterocycles. The lowest BCUT2D eigenvalue weighted by Gasteiger charge is -2.35. The van der Waals surface area contributed by atoms with E-state index in [0.717, 1.165) is 19.2 Å². The van der Waals surface area contributed by atoms with Gasteiger partial charge in [-0.3, -0.25) is 4.90 Å². The van der Waals surface area contributed by atoms with E-state index in [1.54, 1.807) is 0 Å². The van der Waals surface area contributed by atoms with Crippen molar-refractivity contribution in [3.05, 3.63) is 29.6 Å². The molecule has 0 radical (unpaired) electrons. The Morgan fingerprint density at radius 1 is 1.35 bits per heavy atom. The van der Waals surface area contributed by atoms with Crippen molar-refractivity contribution in [2.75, 3.05) is 13.1 Å². The number of primary sulfonamides is 1. The normalized spacial score (nSPS) is 24.8. The molecule has 0 unspecified atom stereocenters. The average Bonchev–Trinajstić information content (AvgIpc) is 2.29. The molecule has 112 valence electrons. The van der Waals surface area contributed by atoms with E-state index in [-0.39, 0.29) is 17.1 Å². The van der Waals surface area contributed by atoms with Crippen molar-refractivity contribution in [1.82, 2.24) is 4.90 Å². The molecule has 1 heterocycles. The van der Waals surface area contributed by atoms with E-state index in [0.29, 0.717) is 12.1 Å². The fourth-order valence-electron chi connectivity index (χ4n) is 2.49. The number of rotatable bonds is 3. The van der Waals surface area contributed by atoms with Gasteiger partial charge in [0.25, 0.3) is 0 Å². The Balaban J connectivity index is 2.14. The largest absolute Gasteiger partial charge is 0.373 e. The predicted octanol–water partition coefficient (Wildman–Crippen LogP) is 1.08. The Morgan fingerprint density at radius 3 is 2.45 bits per heavy atom. The number of ether oxygens (including phenoxy) is 1. The van der Waals surface area contributed by atoms with Gasteiger partial charge >= 0.3 is 0 Å². The van der Waals surface area contributed by atoms with Crippen LogP contribution in [0.25, 0.3) is 0 Å². The van der Waals surface area contributed by atoms with Crippen LogP contribution in [0.3, 0.4) is 0 Å². The maximum absolute atomic E-state index is 14.0. The van der Waals surface area contributed by atoms with Crippen LogP contribution in [0.4, 0.5) is 4.39 Å². The topological polar surface area (TPSA) is 72.6 Å². The zero-order valence-electron chi connectivity index (χ0n) is 11.5. The molecular formula is C13H19FN2O3S. The molecule has 0 spiro atoms. The monoisotopic (exact) mass is 302 g/mol. The first-order valence-electron chi connectivity index (χ1n) is 6.45. The molecule has 2 rings (SSSR count). The van der Waals surface area contributed by atoms with Crippen molar-refractivity contribution in [2.24, 2.45) is 5.14 Å². The SMILES string of the molecule is C[C@@H]1CN(Cc2ccc(S(N)(=O)=O)cc2F)C[C@H](C)O1. The standard InChI is InChI=1S/C13H19FN2O3S/c1-9-6-16(7-10(2)19-9)8-11-3-4-12(5-13(11)14)20(15,17)18/h3-5,9-10H,6-8H2,1-2H3,(H2,15,17,18)/t9-,10+. The lowest BCUT2D eigenvalue weighted by Crippen LogP contribution is -2.44. The molecule has 1 aromatic rings. The van der Waals surface area contributed by atoms with E-state index >= 15 is 0 Å². The van der Waals surface area contributed by atoms with Gasteiger partial charge in [0, 0.05) is 25.2 Å². The highest BCUT2D eigenvalue weighted by Crippen LogP contribution is 2.18. The predicted molar refractivity (Wildman–Crippen MR) is 73.1 cm³/mol. The highest BCUT2D eigenvalue weighted by Gasteiger charge is 2.23. The molecule has 20 heavy (non-hydrogen) atoms. The third-order valence-corrected chi connectivity index (χ3v) is 4.15. The van der Waals surface area contributed by atoms with Crippen LogP contribution in [0.5, 0.6) is 0 Å². The molecule has 1 fully saturated rings. The van der Waals surface area contributed by atoms with Gasteiger partial charge in [-0.05, 0) is 26.0 Å². The first-order valence-corrected chi connectivity index (χ1v) is 7.99. The van der Waals surface area contributed by atoms with Gasteiger partial charge in [-0.15, -0.1) is 0 Å². The van der Waals surface area contributed by atoms with Crippen molar-refractivity contribution in [3.63, 3.8) is 0 Å². The van der Waals surface area contributed by atoms with E-state index in [2.05, 4.69) is 4.90 Å². The van der Waals surface area contributed by atoms with Crippen LogP contribution < -0.4 is 5.14 Å². The van der Waals surface area contributed by atoms with Crippen LogP contribution >= 0.6 is 0 Å². The third kappa shape index (κ3) is 3.76. The van der Waals surface area contributed by atoms with Crippen LogP contribution in [-0.2, 0) is 21.3 Å². The maximum Gasteiger partial charge on any atom is 0.238 e. The molecule has 0 aromatic heterocycles. The van der Waals surface area contributed by atoms with Gasteiger partial charge in [-0.25, -0.2) is 17.9 Å². The number of nitrogens with zero attached hydrogens (tertiary/aromatic N) is 1. The van der Waals surface area contributed by atoms with E-state index in [4.69, 9.17) is 9.88 Å². The van der Waals surface area contributed by atoms with Crippen molar-refractivity contribution in [2.45, 2.75) is 37.5 Å². The van der Waals surface area contributed by atoms with Gasteiger partial charge in [-0.1, -0.05) is 6.07 Å². The fraction of sp³-hybridized carbons (Fsp3) is 0.538. The Kier molecular flexibility index (Phi) is 4.43. The fourth-order valence-corrected chi connectivity index (χ4v) is 3.01. The van der Waals surface area contributed by atoms with Crippen LogP contribution in [-0.4, -0.2) is 38.6 Å². The van der Waals surface area contributed by atoms with Crippen molar-refractivity contribution >= 4 is 10.0 Å². The summed E-state index contributed by atoms with van der Waals surface area (Å²) >= 11 is 0. The molecule has 2 N–H and O–H groups in total. The second-order valence-corrected chi connectivity index (χ2v) is 6.81. The summed E-state index contributed by atoms with van der Waals surface area (Å²) in [4.78, 5) is 1.89. The number of morpholine rings is 1. The Hall–Kier alpha value is -1.02. The lowest BCUT2D eigenvalue weighted by molar-refractivity contribution is -0.0707. The van der Waals surface area contributed by atoms with Gasteiger partial charge in [0.1, 0.15) is 5.82 Å². The van der Waals surface area contributed by atoms with Crippen molar-refractivity contribution in [1.29, 1.82) is 0 Å². The number of sulfonamides is 1. The second kappa shape index (κ2) is 5.77. The van der Waals surface area contributed by atoms with E-state index in [9.17, 15) is 12.8 Å². The van der Waals surface area contributed by atoms with Gasteiger partial charge in [0.15, 0.2) is 0 Å². The van der Waals surface area contributed by atoms with Gasteiger partial charge in [-0.2, -0.15) is 0 Å². The number of nitrogens with two attached hydrogens (primary N) is 1. The Morgan fingerprint density at radius 2 is 1.95 bits per heavy atom. The van der Waals surface area contributed by atoms with Crippen molar-refractivity contribution in [3.8, 4) is 0 Å². The second-order valence-electron chi connectivity index (χ2n) is 5.25. The molecule has 1 aromatic carbocycles. The van der Waals surface area contributed by atoms with Crippen LogP contribution in [0.1, 0.15) is 19.4 Å². The summed E-state index contributed by atoms with van der Waals surface area (Å²) < 4.78 is 41.9. The van der Waals surface area contributed by atoms with Gasteiger partial charge < -0.3 is 4.74 Å². The average molecular weight is 302 g/mol. The summed E-state index contributed by atoms with van der Waals surface area (Å²) in [5.41, 5.74) is 0.457. The van der Waals surface area contributed by atoms with Crippen LogP contribution in [0.15, 0.2) is 23.1 Å². The molecule has 1 aliphatic rings.